The van der Waals surface area contributed by atoms with Crippen molar-refractivity contribution in [2.45, 2.75) is 25.8 Å². The largest absolute Gasteiger partial charge is 0.360 e. The maximum Gasteiger partial charge on any atom is 0.247 e. The molecule has 35 heavy (non-hydrogen) atoms. The van der Waals surface area contributed by atoms with Crippen molar-refractivity contribution in [1.82, 2.24) is 19.9 Å². The second kappa shape index (κ2) is 11.0. The van der Waals surface area contributed by atoms with E-state index in [9.17, 15) is 4.79 Å². The van der Waals surface area contributed by atoms with Gasteiger partial charge in [-0.25, -0.2) is 4.98 Å². The lowest BCUT2D eigenvalue weighted by Crippen LogP contribution is -2.50. The predicted molar refractivity (Wildman–Crippen MR) is 136 cm³/mol. The SMILES string of the molecule is Cc1cc(NC(=O)C(c2ccccc2)N2CCCC(CN3CCN(c4ccccn4)CC3)C2)no1. The van der Waals surface area contributed by atoms with Gasteiger partial charge in [-0.3, -0.25) is 14.6 Å². The van der Waals surface area contributed by atoms with Gasteiger partial charge in [0.05, 0.1) is 0 Å². The highest BCUT2D eigenvalue weighted by Gasteiger charge is 2.33. The molecule has 8 heteroatoms. The van der Waals surface area contributed by atoms with Gasteiger partial charge in [0.1, 0.15) is 17.6 Å². The third kappa shape index (κ3) is 5.89. The summed E-state index contributed by atoms with van der Waals surface area (Å²) in [5.41, 5.74) is 1.01. The smallest absolute Gasteiger partial charge is 0.247 e. The average molecular weight is 475 g/mol. The molecular formula is C27H34N6O2. The quantitative estimate of drug-likeness (QED) is 0.561. The molecule has 184 valence electrons. The van der Waals surface area contributed by atoms with Gasteiger partial charge in [-0.1, -0.05) is 41.6 Å². The van der Waals surface area contributed by atoms with E-state index in [0.717, 1.165) is 63.6 Å². The molecule has 5 rings (SSSR count). The van der Waals surface area contributed by atoms with Crippen LogP contribution in [-0.4, -0.2) is 71.7 Å². The molecule has 8 nitrogen and oxygen atoms in total. The first kappa shape index (κ1) is 23.5. The number of nitrogens with one attached hydrogen (secondary N) is 1. The van der Waals surface area contributed by atoms with Crippen LogP contribution in [0.2, 0.25) is 0 Å². The number of likely N-dealkylation sites (tertiary alicyclic amines) is 1. The number of carbonyl (C=O) groups is 1. The number of carbonyl (C=O) groups excluding carboxylic acids is 1. The normalized spacial score (nSPS) is 20.5. The fourth-order valence-corrected chi connectivity index (χ4v) is 5.33. The zero-order valence-corrected chi connectivity index (χ0v) is 20.3. The number of hydrogen-bond acceptors (Lipinski definition) is 7. The summed E-state index contributed by atoms with van der Waals surface area (Å²) in [6.45, 7) is 8.79. The molecular weight excluding hydrogens is 440 g/mol. The first-order chi connectivity index (χ1) is 17.2. The Bertz CT molecular complexity index is 1080. The molecule has 4 heterocycles. The monoisotopic (exact) mass is 474 g/mol. The Morgan fingerprint density at radius 1 is 1.09 bits per heavy atom. The van der Waals surface area contributed by atoms with Crippen molar-refractivity contribution in [3.63, 3.8) is 0 Å². The lowest BCUT2D eigenvalue weighted by atomic mass is 9.93. The highest BCUT2D eigenvalue weighted by Crippen LogP contribution is 2.29. The molecule has 2 aliphatic rings. The highest BCUT2D eigenvalue weighted by atomic mass is 16.5. The van der Waals surface area contributed by atoms with E-state index in [1.54, 1.807) is 6.07 Å². The van der Waals surface area contributed by atoms with Crippen LogP contribution in [0.1, 0.15) is 30.2 Å². The molecule has 0 saturated carbocycles. The lowest BCUT2D eigenvalue weighted by molar-refractivity contribution is -0.122. The maximum atomic E-state index is 13.4. The Morgan fingerprint density at radius 2 is 1.89 bits per heavy atom. The average Bonchev–Trinajstić information content (AvgIpc) is 3.30. The number of pyridine rings is 1. The van der Waals surface area contributed by atoms with E-state index < -0.39 is 0 Å². The second-order valence-corrected chi connectivity index (χ2v) is 9.60. The van der Waals surface area contributed by atoms with E-state index in [1.165, 1.54) is 6.42 Å². The van der Waals surface area contributed by atoms with Crippen LogP contribution in [-0.2, 0) is 4.79 Å². The molecule has 2 atom stereocenters. The molecule has 2 fully saturated rings. The van der Waals surface area contributed by atoms with Gasteiger partial charge in [0.2, 0.25) is 5.91 Å². The number of amides is 1. The number of aryl methyl sites for hydroxylation is 1. The van der Waals surface area contributed by atoms with E-state index >= 15 is 0 Å². The third-order valence-corrected chi connectivity index (χ3v) is 7.02. The topological polar surface area (TPSA) is 77.7 Å². The predicted octanol–water partition coefficient (Wildman–Crippen LogP) is 3.59. The summed E-state index contributed by atoms with van der Waals surface area (Å²) in [6, 6.07) is 17.6. The number of benzene rings is 1. The Hall–Kier alpha value is -3.23. The van der Waals surface area contributed by atoms with Gasteiger partial charge in [-0.2, -0.15) is 0 Å². The summed E-state index contributed by atoms with van der Waals surface area (Å²) < 4.78 is 5.14. The van der Waals surface area contributed by atoms with Crippen LogP contribution in [0.15, 0.2) is 65.3 Å². The van der Waals surface area contributed by atoms with Crippen molar-refractivity contribution in [1.29, 1.82) is 0 Å². The summed E-state index contributed by atoms with van der Waals surface area (Å²) in [4.78, 5) is 25.2. The minimum absolute atomic E-state index is 0.0610. The number of piperazine rings is 1. The molecule has 2 aromatic heterocycles. The lowest BCUT2D eigenvalue weighted by Gasteiger charge is -2.41. The number of piperidine rings is 1. The molecule has 1 amide bonds. The van der Waals surface area contributed by atoms with Gasteiger partial charge in [0.25, 0.3) is 0 Å². The van der Waals surface area contributed by atoms with Crippen molar-refractivity contribution < 1.29 is 9.32 Å². The van der Waals surface area contributed by atoms with Crippen molar-refractivity contribution in [3.05, 3.63) is 72.1 Å². The van der Waals surface area contributed by atoms with E-state index in [-0.39, 0.29) is 11.9 Å². The molecule has 2 unspecified atom stereocenters. The first-order valence-corrected chi connectivity index (χ1v) is 12.6. The van der Waals surface area contributed by atoms with E-state index in [0.29, 0.717) is 17.5 Å². The first-order valence-electron chi connectivity index (χ1n) is 12.6. The molecule has 3 aromatic rings. The second-order valence-electron chi connectivity index (χ2n) is 9.60. The van der Waals surface area contributed by atoms with Crippen LogP contribution in [0.25, 0.3) is 0 Å². The van der Waals surface area contributed by atoms with Crippen LogP contribution in [0.4, 0.5) is 11.6 Å². The molecule has 0 aliphatic carbocycles. The number of hydrogen-bond donors (Lipinski definition) is 1. The van der Waals surface area contributed by atoms with E-state index in [4.69, 9.17) is 4.52 Å². The van der Waals surface area contributed by atoms with Crippen LogP contribution < -0.4 is 10.2 Å². The van der Waals surface area contributed by atoms with Gasteiger partial charge in [0.15, 0.2) is 5.82 Å². The van der Waals surface area contributed by atoms with Crippen molar-refractivity contribution in [2.75, 3.05) is 56.0 Å². The molecule has 2 saturated heterocycles. The van der Waals surface area contributed by atoms with E-state index in [1.807, 2.05) is 49.5 Å². The molecule has 2 aliphatic heterocycles. The Labute approximate surface area is 206 Å². The van der Waals surface area contributed by atoms with Gasteiger partial charge in [-0.05, 0) is 49.9 Å². The Balaban J connectivity index is 1.22. The van der Waals surface area contributed by atoms with Gasteiger partial charge in [0, 0.05) is 51.5 Å². The molecule has 0 radical (unpaired) electrons. The maximum absolute atomic E-state index is 13.4. The highest BCUT2D eigenvalue weighted by molar-refractivity contribution is 5.94. The summed E-state index contributed by atoms with van der Waals surface area (Å²) in [7, 11) is 0. The molecule has 0 spiro atoms. The van der Waals surface area contributed by atoms with Gasteiger partial charge < -0.3 is 14.7 Å². The van der Waals surface area contributed by atoms with Crippen molar-refractivity contribution >= 4 is 17.5 Å². The van der Waals surface area contributed by atoms with Crippen LogP contribution in [0.5, 0.6) is 0 Å². The molecule has 1 N–H and O–H groups in total. The fraction of sp³-hybridized carbons (Fsp3) is 0.444. The summed E-state index contributed by atoms with van der Waals surface area (Å²) in [5, 5.41) is 6.92. The van der Waals surface area contributed by atoms with Crippen molar-refractivity contribution in [2.24, 2.45) is 5.92 Å². The fourth-order valence-electron chi connectivity index (χ4n) is 5.33. The molecule has 0 bridgehead atoms. The Morgan fingerprint density at radius 3 is 2.60 bits per heavy atom. The van der Waals surface area contributed by atoms with E-state index in [2.05, 4.69) is 42.3 Å². The Kier molecular flexibility index (Phi) is 7.39. The van der Waals surface area contributed by atoms with Crippen molar-refractivity contribution in [3.8, 4) is 0 Å². The van der Waals surface area contributed by atoms with Gasteiger partial charge >= 0.3 is 0 Å². The zero-order chi connectivity index (χ0) is 24.0. The number of rotatable bonds is 7. The number of aromatic nitrogens is 2. The zero-order valence-electron chi connectivity index (χ0n) is 20.3. The van der Waals surface area contributed by atoms with Gasteiger partial charge in [-0.15, -0.1) is 0 Å². The van der Waals surface area contributed by atoms with Crippen LogP contribution >= 0.6 is 0 Å². The summed E-state index contributed by atoms with van der Waals surface area (Å²) >= 11 is 0. The number of nitrogens with zero attached hydrogens (tertiary/aromatic N) is 5. The van der Waals surface area contributed by atoms with Crippen LogP contribution in [0.3, 0.4) is 0 Å². The standard InChI is InChI=1S/C27H34N6O2/c1-21-18-24(30-35-21)29-27(34)26(23-9-3-2-4-10-23)33-13-7-8-22(20-33)19-31-14-16-32(17-15-31)25-11-5-6-12-28-25/h2-6,9-12,18,22,26H,7-8,13-17,19-20H2,1H3,(H,29,30,34). The van der Waals surface area contributed by atoms with Crippen LogP contribution in [0, 0.1) is 12.8 Å². The summed E-state index contributed by atoms with van der Waals surface area (Å²) in [5.74, 6) is 2.69. The minimum atomic E-state index is -0.350. The third-order valence-electron chi connectivity index (χ3n) is 7.02. The summed E-state index contributed by atoms with van der Waals surface area (Å²) in [6.07, 6.45) is 4.15. The molecule has 1 aromatic carbocycles. The minimum Gasteiger partial charge on any atom is -0.360 e. The number of anilines is 2.